The molecule has 0 aromatic heterocycles. The second-order valence-electron chi connectivity index (χ2n) is 5.79. The van der Waals surface area contributed by atoms with Crippen molar-refractivity contribution in [3.05, 3.63) is 35.7 Å². The zero-order valence-electron chi connectivity index (χ0n) is 12.6. The third-order valence-corrected chi connectivity index (χ3v) is 4.63. The number of carboxylic acids is 1. The summed E-state index contributed by atoms with van der Waals surface area (Å²) in [4.78, 5) is 12.8. The Morgan fingerprint density at radius 1 is 1.38 bits per heavy atom. The van der Waals surface area contributed by atoms with Gasteiger partial charge in [-0.1, -0.05) is 13.8 Å². The highest BCUT2D eigenvalue weighted by Gasteiger charge is 2.35. The van der Waals surface area contributed by atoms with Crippen molar-refractivity contribution in [2.45, 2.75) is 33.1 Å². The summed E-state index contributed by atoms with van der Waals surface area (Å²) in [6.45, 7) is 6.28. The average Bonchev–Trinajstić information content (AvgIpc) is 2.90. The van der Waals surface area contributed by atoms with Crippen LogP contribution in [0.25, 0.3) is 6.08 Å². The van der Waals surface area contributed by atoms with Gasteiger partial charge in [0.25, 0.3) is 0 Å². The second kappa shape index (κ2) is 6.29. The number of hydrogen-bond acceptors (Lipinski definition) is 2. The van der Waals surface area contributed by atoms with Crippen LogP contribution in [0.2, 0.25) is 0 Å². The van der Waals surface area contributed by atoms with Crippen molar-refractivity contribution < 1.29 is 14.3 Å². The molecule has 1 aliphatic rings. The largest absolute Gasteiger partial charge is 0.478 e. The SMILES string of the molecule is CCC1(CC)CCN(c2cc(F)cc(/C=C/C(=O)O)c2)C1. The standard InChI is InChI=1S/C17H22FNO2/c1-3-17(4-2)7-8-19(12-17)15-10-13(5-6-16(20)21)9-14(18)11-15/h5-6,9-11H,3-4,7-8,12H2,1-2H3,(H,20,21)/b6-5+. The van der Waals surface area contributed by atoms with Crippen LogP contribution in [-0.2, 0) is 4.79 Å². The summed E-state index contributed by atoms with van der Waals surface area (Å²) in [5.74, 6) is -1.36. The molecular weight excluding hydrogens is 269 g/mol. The van der Waals surface area contributed by atoms with E-state index in [1.807, 2.05) is 6.07 Å². The van der Waals surface area contributed by atoms with Gasteiger partial charge in [-0.2, -0.15) is 0 Å². The molecular formula is C17H22FNO2. The van der Waals surface area contributed by atoms with Crippen LogP contribution < -0.4 is 4.90 Å². The monoisotopic (exact) mass is 291 g/mol. The Morgan fingerprint density at radius 3 is 2.67 bits per heavy atom. The Balaban J connectivity index is 2.23. The van der Waals surface area contributed by atoms with Crippen LogP contribution in [0.4, 0.5) is 10.1 Å². The molecule has 1 fully saturated rings. The first-order valence-electron chi connectivity index (χ1n) is 7.44. The van der Waals surface area contributed by atoms with Gasteiger partial charge in [-0.3, -0.25) is 0 Å². The zero-order chi connectivity index (χ0) is 15.5. The number of carboxylic acid groups (broad SMARTS) is 1. The van der Waals surface area contributed by atoms with E-state index in [1.54, 1.807) is 0 Å². The maximum atomic E-state index is 13.8. The van der Waals surface area contributed by atoms with E-state index in [9.17, 15) is 9.18 Å². The number of anilines is 1. The first kappa shape index (κ1) is 15.5. The van der Waals surface area contributed by atoms with E-state index in [0.717, 1.165) is 44.1 Å². The Kier molecular flexibility index (Phi) is 4.66. The maximum Gasteiger partial charge on any atom is 0.328 e. The molecule has 0 bridgehead atoms. The maximum absolute atomic E-state index is 13.8. The molecule has 0 atom stereocenters. The molecule has 1 heterocycles. The minimum absolute atomic E-state index is 0.323. The molecule has 0 radical (unpaired) electrons. The number of carbonyl (C=O) groups is 1. The van der Waals surface area contributed by atoms with Crippen molar-refractivity contribution in [1.29, 1.82) is 0 Å². The second-order valence-corrected chi connectivity index (χ2v) is 5.79. The van der Waals surface area contributed by atoms with Crippen molar-refractivity contribution in [2.24, 2.45) is 5.41 Å². The highest BCUT2D eigenvalue weighted by atomic mass is 19.1. The molecule has 1 N–H and O–H groups in total. The minimum atomic E-state index is -1.03. The lowest BCUT2D eigenvalue weighted by atomic mass is 9.82. The fourth-order valence-corrected chi connectivity index (χ4v) is 3.03. The quantitative estimate of drug-likeness (QED) is 0.835. The first-order valence-corrected chi connectivity index (χ1v) is 7.44. The Hall–Kier alpha value is -1.84. The summed E-state index contributed by atoms with van der Waals surface area (Å²) in [7, 11) is 0. The molecule has 1 saturated heterocycles. The van der Waals surface area contributed by atoms with Crippen LogP contribution in [0, 0.1) is 11.2 Å². The summed E-state index contributed by atoms with van der Waals surface area (Å²) in [5, 5.41) is 8.67. The van der Waals surface area contributed by atoms with Crippen LogP contribution >= 0.6 is 0 Å². The van der Waals surface area contributed by atoms with Crippen LogP contribution in [0.3, 0.4) is 0 Å². The Morgan fingerprint density at radius 2 is 2.10 bits per heavy atom. The fourth-order valence-electron chi connectivity index (χ4n) is 3.03. The van der Waals surface area contributed by atoms with Crippen molar-refractivity contribution in [2.75, 3.05) is 18.0 Å². The number of hydrogen-bond donors (Lipinski definition) is 1. The van der Waals surface area contributed by atoms with Crippen LogP contribution in [-0.4, -0.2) is 24.2 Å². The fraction of sp³-hybridized carbons (Fsp3) is 0.471. The topological polar surface area (TPSA) is 40.5 Å². The zero-order valence-corrected chi connectivity index (χ0v) is 12.6. The smallest absolute Gasteiger partial charge is 0.328 e. The van der Waals surface area contributed by atoms with E-state index < -0.39 is 5.97 Å². The number of benzene rings is 1. The highest BCUT2D eigenvalue weighted by Crippen LogP contribution is 2.39. The van der Waals surface area contributed by atoms with E-state index in [-0.39, 0.29) is 5.82 Å². The summed E-state index contributed by atoms with van der Waals surface area (Å²) < 4.78 is 13.8. The highest BCUT2D eigenvalue weighted by molar-refractivity contribution is 5.85. The molecule has 2 rings (SSSR count). The summed E-state index contributed by atoms with van der Waals surface area (Å²) in [6, 6.07) is 4.73. The van der Waals surface area contributed by atoms with Crippen molar-refractivity contribution in [1.82, 2.24) is 0 Å². The van der Waals surface area contributed by atoms with Gasteiger partial charge in [0.05, 0.1) is 0 Å². The Labute approximate surface area is 125 Å². The Bertz CT molecular complexity index is 550. The molecule has 1 aromatic carbocycles. The van der Waals surface area contributed by atoms with Crippen molar-refractivity contribution in [3.8, 4) is 0 Å². The normalized spacial score (nSPS) is 17.6. The predicted octanol–water partition coefficient (Wildman–Crippen LogP) is 3.94. The summed E-state index contributed by atoms with van der Waals surface area (Å²) in [6.07, 6.45) is 5.84. The molecule has 4 heteroatoms. The number of aliphatic carboxylic acids is 1. The van der Waals surface area contributed by atoms with E-state index in [0.29, 0.717) is 11.0 Å². The van der Waals surface area contributed by atoms with E-state index in [1.165, 1.54) is 18.2 Å². The van der Waals surface area contributed by atoms with E-state index >= 15 is 0 Å². The third kappa shape index (κ3) is 3.63. The van der Waals surface area contributed by atoms with Gasteiger partial charge in [0.2, 0.25) is 0 Å². The molecule has 0 amide bonds. The van der Waals surface area contributed by atoms with Crippen LogP contribution in [0.1, 0.15) is 38.7 Å². The molecule has 0 aliphatic carbocycles. The molecule has 1 aliphatic heterocycles. The lowest BCUT2D eigenvalue weighted by Crippen LogP contribution is -2.26. The van der Waals surface area contributed by atoms with Gasteiger partial charge in [0.1, 0.15) is 5.82 Å². The lowest BCUT2D eigenvalue weighted by Gasteiger charge is -2.27. The average molecular weight is 291 g/mol. The molecule has 0 saturated carbocycles. The summed E-state index contributed by atoms with van der Waals surface area (Å²) in [5.41, 5.74) is 1.74. The summed E-state index contributed by atoms with van der Waals surface area (Å²) >= 11 is 0. The van der Waals surface area contributed by atoms with Crippen molar-refractivity contribution in [3.63, 3.8) is 0 Å². The van der Waals surface area contributed by atoms with E-state index in [4.69, 9.17) is 5.11 Å². The molecule has 1 aromatic rings. The molecule has 3 nitrogen and oxygen atoms in total. The number of nitrogens with zero attached hydrogens (tertiary/aromatic N) is 1. The van der Waals surface area contributed by atoms with Crippen molar-refractivity contribution >= 4 is 17.7 Å². The molecule has 114 valence electrons. The predicted molar refractivity (Wildman–Crippen MR) is 82.9 cm³/mol. The van der Waals surface area contributed by atoms with Gasteiger partial charge < -0.3 is 10.0 Å². The third-order valence-electron chi connectivity index (χ3n) is 4.63. The molecule has 0 unspecified atom stereocenters. The number of rotatable bonds is 5. The van der Waals surface area contributed by atoms with Gasteiger partial charge >= 0.3 is 5.97 Å². The van der Waals surface area contributed by atoms with Gasteiger partial charge in [-0.25, -0.2) is 9.18 Å². The van der Waals surface area contributed by atoms with E-state index in [2.05, 4.69) is 18.7 Å². The van der Waals surface area contributed by atoms with Crippen LogP contribution in [0.5, 0.6) is 0 Å². The molecule has 21 heavy (non-hydrogen) atoms. The lowest BCUT2D eigenvalue weighted by molar-refractivity contribution is -0.131. The minimum Gasteiger partial charge on any atom is -0.478 e. The number of halogens is 1. The van der Waals surface area contributed by atoms with Gasteiger partial charge in [-0.15, -0.1) is 0 Å². The van der Waals surface area contributed by atoms with Crippen LogP contribution in [0.15, 0.2) is 24.3 Å². The molecule has 0 spiro atoms. The first-order chi connectivity index (χ1) is 9.98. The van der Waals surface area contributed by atoms with Gasteiger partial charge in [-0.05, 0) is 54.5 Å². The van der Waals surface area contributed by atoms with Gasteiger partial charge in [0, 0.05) is 24.9 Å². The van der Waals surface area contributed by atoms with Gasteiger partial charge in [0.15, 0.2) is 0 Å².